The Balaban J connectivity index is 2.82. The summed E-state index contributed by atoms with van der Waals surface area (Å²) in [6.45, 7) is 7.86. The van der Waals surface area contributed by atoms with Gasteiger partial charge in [0.2, 0.25) is 0 Å². The summed E-state index contributed by atoms with van der Waals surface area (Å²) in [6, 6.07) is 2.03. The molecule has 0 aliphatic rings. The van der Waals surface area contributed by atoms with Crippen molar-refractivity contribution in [2.24, 2.45) is 0 Å². The summed E-state index contributed by atoms with van der Waals surface area (Å²) in [6.07, 6.45) is 9.00. The molecule has 0 fully saturated rings. The number of pyridine rings is 1. The first-order valence-electron chi connectivity index (χ1n) is 5.76. The average Bonchev–Trinajstić information content (AvgIpc) is 2.26. The van der Waals surface area contributed by atoms with Crippen LogP contribution in [0.25, 0.3) is 0 Å². The minimum Gasteiger partial charge on any atom is -0.362 e. The Morgan fingerprint density at radius 3 is 2.76 bits per heavy atom. The number of hydrogen-bond donors (Lipinski definition) is 1. The van der Waals surface area contributed by atoms with Crippen molar-refractivity contribution in [3.8, 4) is 12.3 Å². The number of aromatic nitrogens is 1. The van der Waals surface area contributed by atoms with E-state index in [1.54, 1.807) is 0 Å². The van der Waals surface area contributed by atoms with E-state index in [2.05, 4.69) is 37.0 Å². The van der Waals surface area contributed by atoms with Gasteiger partial charge in [0.15, 0.2) is 0 Å². The van der Waals surface area contributed by atoms with Gasteiger partial charge in [-0.1, -0.05) is 5.92 Å². The lowest BCUT2D eigenvalue weighted by molar-refractivity contribution is 0.424. The molecule has 0 bridgehead atoms. The molecule has 1 N–H and O–H groups in total. The summed E-state index contributed by atoms with van der Waals surface area (Å²) in [5.41, 5.74) is 2.40. The van der Waals surface area contributed by atoms with E-state index in [4.69, 9.17) is 6.42 Å². The lowest BCUT2D eigenvalue weighted by atomic mass is 10.1. The molecule has 3 nitrogen and oxygen atoms in total. The second kappa shape index (κ2) is 5.70. The molecule has 0 aliphatic heterocycles. The highest BCUT2D eigenvalue weighted by Gasteiger charge is 2.11. The molecular weight excluding hydrogens is 210 g/mol. The Hall–Kier alpha value is -1.53. The lowest BCUT2D eigenvalue weighted by Gasteiger charge is -2.24. The van der Waals surface area contributed by atoms with Gasteiger partial charge in [-0.15, -0.1) is 6.42 Å². The summed E-state index contributed by atoms with van der Waals surface area (Å²) in [5, 5.41) is 3.47. The van der Waals surface area contributed by atoms with E-state index < -0.39 is 0 Å². The van der Waals surface area contributed by atoms with Crippen molar-refractivity contribution in [2.75, 3.05) is 18.5 Å². The zero-order valence-electron chi connectivity index (χ0n) is 11.1. The molecule has 0 spiro atoms. The van der Waals surface area contributed by atoms with Crippen LogP contribution in [0.3, 0.4) is 0 Å². The third kappa shape index (κ3) is 4.46. The smallest absolute Gasteiger partial charge is 0.0789 e. The van der Waals surface area contributed by atoms with Gasteiger partial charge in [-0.05, 0) is 32.4 Å². The highest BCUT2D eigenvalue weighted by Crippen LogP contribution is 2.18. The maximum absolute atomic E-state index is 5.33. The van der Waals surface area contributed by atoms with Crippen LogP contribution in [0, 0.1) is 12.3 Å². The van der Waals surface area contributed by atoms with Crippen LogP contribution < -0.4 is 10.2 Å². The minimum atomic E-state index is 0.102. The van der Waals surface area contributed by atoms with Crippen LogP contribution in [-0.4, -0.2) is 24.1 Å². The van der Waals surface area contributed by atoms with E-state index in [0.717, 1.165) is 12.2 Å². The Morgan fingerprint density at radius 2 is 2.18 bits per heavy atom. The maximum atomic E-state index is 5.33. The van der Waals surface area contributed by atoms with Gasteiger partial charge in [-0.3, -0.25) is 4.98 Å². The van der Waals surface area contributed by atoms with E-state index >= 15 is 0 Å². The summed E-state index contributed by atoms with van der Waals surface area (Å²) in [5.74, 6) is 2.64. The van der Waals surface area contributed by atoms with Crippen LogP contribution in [0.2, 0.25) is 0 Å². The molecule has 92 valence electrons. The average molecular weight is 231 g/mol. The van der Waals surface area contributed by atoms with Crippen molar-refractivity contribution in [3.05, 3.63) is 24.0 Å². The van der Waals surface area contributed by atoms with Gasteiger partial charge in [-0.2, -0.15) is 0 Å². The van der Waals surface area contributed by atoms with Crippen molar-refractivity contribution in [3.63, 3.8) is 0 Å². The fourth-order valence-electron chi connectivity index (χ4n) is 1.49. The van der Waals surface area contributed by atoms with Gasteiger partial charge in [0, 0.05) is 25.3 Å². The molecule has 1 aromatic heterocycles. The van der Waals surface area contributed by atoms with Crippen LogP contribution in [0.4, 0.5) is 5.69 Å². The van der Waals surface area contributed by atoms with Gasteiger partial charge < -0.3 is 10.2 Å². The van der Waals surface area contributed by atoms with E-state index in [1.165, 1.54) is 5.56 Å². The number of terminal acetylenes is 1. The molecule has 0 radical (unpaired) electrons. The van der Waals surface area contributed by atoms with E-state index in [-0.39, 0.29) is 5.54 Å². The number of nitrogens with one attached hydrogen (secondary N) is 1. The van der Waals surface area contributed by atoms with Crippen LogP contribution in [0.5, 0.6) is 0 Å². The summed E-state index contributed by atoms with van der Waals surface area (Å²) in [4.78, 5) is 6.19. The molecule has 0 aliphatic carbocycles. The number of rotatable bonds is 4. The SMILES string of the molecule is C#CCN(C)c1cnccc1CNC(C)(C)C. The molecule has 1 rings (SSSR count). The predicted octanol–water partition coefficient (Wildman–Crippen LogP) is 2.04. The van der Waals surface area contributed by atoms with Crippen LogP contribution >= 0.6 is 0 Å². The maximum Gasteiger partial charge on any atom is 0.0789 e. The Labute approximate surface area is 104 Å². The van der Waals surface area contributed by atoms with Crippen LogP contribution in [0.1, 0.15) is 26.3 Å². The van der Waals surface area contributed by atoms with Gasteiger partial charge >= 0.3 is 0 Å². The number of hydrogen-bond acceptors (Lipinski definition) is 3. The monoisotopic (exact) mass is 231 g/mol. The van der Waals surface area contributed by atoms with Gasteiger partial charge in [0.05, 0.1) is 18.4 Å². The summed E-state index contributed by atoms with van der Waals surface area (Å²) >= 11 is 0. The van der Waals surface area contributed by atoms with Crippen LogP contribution in [-0.2, 0) is 6.54 Å². The first-order chi connectivity index (χ1) is 7.94. The largest absolute Gasteiger partial charge is 0.362 e. The van der Waals surface area contributed by atoms with Crippen molar-refractivity contribution in [2.45, 2.75) is 32.9 Å². The molecule has 0 saturated carbocycles. The summed E-state index contributed by atoms with van der Waals surface area (Å²) < 4.78 is 0. The molecule has 0 unspecified atom stereocenters. The van der Waals surface area contributed by atoms with Crippen molar-refractivity contribution >= 4 is 5.69 Å². The van der Waals surface area contributed by atoms with Crippen LogP contribution in [0.15, 0.2) is 18.5 Å². The van der Waals surface area contributed by atoms with E-state index in [9.17, 15) is 0 Å². The van der Waals surface area contributed by atoms with E-state index in [0.29, 0.717) is 6.54 Å². The zero-order chi connectivity index (χ0) is 12.9. The Kier molecular flexibility index (Phi) is 4.53. The third-order valence-corrected chi connectivity index (χ3v) is 2.44. The normalized spacial score (nSPS) is 11.0. The molecule has 17 heavy (non-hydrogen) atoms. The molecule has 1 heterocycles. The quantitative estimate of drug-likeness (QED) is 0.804. The highest BCUT2D eigenvalue weighted by atomic mass is 15.1. The summed E-state index contributed by atoms with van der Waals surface area (Å²) in [7, 11) is 1.98. The fraction of sp³-hybridized carbons (Fsp3) is 0.500. The third-order valence-electron chi connectivity index (χ3n) is 2.44. The Bertz CT molecular complexity index is 399. The second-order valence-electron chi connectivity index (χ2n) is 5.17. The van der Waals surface area contributed by atoms with Crippen molar-refractivity contribution in [1.29, 1.82) is 0 Å². The number of nitrogens with zero attached hydrogens (tertiary/aromatic N) is 2. The first-order valence-corrected chi connectivity index (χ1v) is 5.76. The highest BCUT2D eigenvalue weighted by molar-refractivity contribution is 5.51. The molecular formula is C14H21N3. The van der Waals surface area contributed by atoms with Crippen molar-refractivity contribution < 1.29 is 0 Å². The molecule has 3 heteroatoms. The van der Waals surface area contributed by atoms with Gasteiger partial charge in [-0.25, -0.2) is 0 Å². The minimum absolute atomic E-state index is 0.102. The van der Waals surface area contributed by atoms with Gasteiger partial charge in [0.1, 0.15) is 0 Å². The van der Waals surface area contributed by atoms with Gasteiger partial charge in [0.25, 0.3) is 0 Å². The first kappa shape index (κ1) is 13.5. The second-order valence-corrected chi connectivity index (χ2v) is 5.17. The molecule has 1 aromatic rings. The topological polar surface area (TPSA) is 28.2 Å². The predicted molar refractivity (Wildman–Crippen MR) is 72.9 cm³/mol. The van der Waals surface area contributed by atoms with E-state index in [1.807, 2.05) is 30.4 Å². The lowest BCUT2D eigenvalue weighted by Crippen LogP contribution is -2.35. The standard InChI is InChI=1S/C14H21N3/c1-6-9-17(5)13-11-15-8-7-12(13)10-16-14(2,3)4/h1,7-8,11,16H,9-10H2,2-5H3. The molecule has 0 aromatic carbocycles. The Morgan fingerprint density at radius 1 is 1.47 bits per heavy atom. The zero-order valence-corrected chi connectivity index (χ0v) is 11.1. The molecule has 0 atom stereocenters. The number of anilines is 1. The molecule has 0 saturated heterocycles. The fourth-order valence-corrected chi connectivity index (χ4v) is 1.49. The van der Waals surface area contributed by atoms with Crippen molar-refractivity contribution in [1.82, 2.24) is 10.3 Å². The molecule has 0 amide bonds.